The first kappa shape index (κ1) is 9.49. The first-order valence-electron chi connectivity index (χ1n) is 5.74. The molecular formula is C11H19NOS. The highest BCUT2D eigenvalue weighted by Gasteiger charge is 2.54. The predicted octanol–water partition coefficient (Wildman–Crippen LogP) is 2.00. The first-order chi connectivity index (χ1) is 6.75. The van der Waals surface area contributed by atoms with Crippen LogP contribution in [-0.4, -0.2) is 29.9 Å². The molecule has 0 aromatic rings. The molecule has 2 saturated heterocycles. The van der Waals surface area contributed by atoms with Crippen molar-refractivity contribution in [1.29, 1.82) is 0 Å². The summed E-state index contributed by atoms with van der Waals surface area (Å²) in [4.78, 5) is 0. The van der Waals surface area contributed by atoms with Gasteiger partial charge in [0, 0.05) is 17.2 Å². The number of thioether (sulfide) groups is 1. The Kier molecular flexibility index (Phi) is 2.12. The number of hydrogen-bond donors (Lipinski definition) is 1. The molecule has 1 saturated carbocycles. The lowest BCUT2D eigenvalue weighted by Gasteiger charge is -2.47. The Balaban J connectivity index is 1.71. The second-order valence-corrected chi connectivity index (χ2v) is 6.27. The van der Waals surface area contributed by atoms with E-state index in [1.54, 1.807) is 0 Å². The molecule has 3 aliphatic rings. The van der Waals surface area contributed by atoms with Crippen molar-refractivity contribution in [3.05, 3.63) is 0 Å². The lowest BCUT2D eigenvalue weighted by molar-refractivity contribution is -0.130. The Morgan fingerprint density at radius 3 is 2.79 bits per heavy atom. The molecule has 2 nitrogen and oxygen atoms in total. The Bertz CT molecular complexity index is 233. The molecule has 1 aliphatic carbocycles. The molecule has 14 heavy (non-hydrogen) atoms. The molecule has 3 fully saturated rings. The van der Waals surface area contributed by atoms with Crippen LogP contribution in [0.2, 0.25) is 0 Å². The van der Waals surface area contributed by atoms with Crippen molar-refractivity contribution in [1.82, 2.24) is 5.32 Å². The summed E-state index contributed by atoms with van der Waals surface area (Å²) in [5, 5.41) is 3.74. The maximum atomic E-state index is 6.12. The third-order valence-corrected chi connectivity index (χ3v) is 5.38. The van der Waals surface area contributed by atoms with Crippen LogP contribution in [0.1, 0.15) is 32.6 Å². The molecule has 0 aromatic heterocycles. The molecule has 0 amide bonds. The van der Waals surface area contributed by atoms with Crippen molar-refractivity contribution in [2.75, 3.05) is 18.1 Å². The van der Waals surface area contributed by atoms with Gasteiger partial charge in [-0.2, -0.15) is 11.8 Å². The molecule has 2 unspecified atom stereocenters. The monoisotopic (exact) mass is 213 g/mol. The average molecular weight is 213 g/mol. The molecule has 3 heteroatoms. The van der Waals surface area contributed by atoms with Gasteiger partial charge in [0.05, 0.1) is 6.61 Å². The number of ether oxygens (including phenoxy) is 1. The van der Waals surface area contributed by atoms with E-state index in [2.05, 4.69) is 12.2 Å². The lowest BCUT2D eigenvalue weighted by atomic mass is 9.93. The van der Waals surface area contributed by atoms with Crippen LogP contribution in [0, 0.1) is 5.41 Å². The molecule has 1 N–H and O–H groups in total. The number of rotatable bonds is 0. The zero-order chi connectivity index (χ0) is 9.65. The van der Waals surface area contributed by atoms with Crippen molar-refractivity contribution in [3.63, 3.8) is 0 Å². The highest BCUT2D eigenvalue weighted by molar-refractivity contribution is 7.99. The van der Waals surface area contributed by atoms with Gasteiger partial charge in [-0.1, -0.05) is 0 Å². The molecule has 2 aliphatic heterocycles. The van der Waals surface area contributed by atoms with E-state index in [0.717, 1.165) is 12.4 Å². The minimum atomic E-state index is 0.0379. The normalized spacial score (nSPS) is 45.6. The van der Waals surface area contributed by atoms with Crippen molar-refractivity contribution in [2.24, 2.45) is 5.41 Å². The van der Waals surface area contributed by atoms with Crippen LogP contribution in [0.5, 0.6) is 0 Å². The smallest absolute Gasteiger partial charge is 0.128 e. The summed E-state index contributed by atoms with van der Waals surface area (Å²) < 4.78 is 6.12. The van der Waals surface area contributed by atoms with Gasteiger partial charge in [-0.15, -0.1) is 0 Å². The molecule has 0 aromatic carbocycles. The Hall–Kier alpha value is 0.270. The summed E-state index contributed by atoms with van der Waals surface area (Å²) in [7, 11) is 0. The summed E-state index contributed by atoms with van der Waals surface area (Å²) in [5.74, 6) is 2.46. The van der Waals surface area contributed by atoms with Gasteiger partial charge in [0.2, 0.25) is 0 Å². The van der Waals surface area contributed by atoms with Gasteiger partial charge >= 0.3 is 0 Å². The van der Waals surface area contributed by atoms with Crippen molar-refractivity contribution in [3.8, 4) is 0 Å². The van der Waals surface area contributed by atoms with Crippen LogP contribution >= 0.6 is 11.8 Å². The highest BCUT2D eigenvalue weighted by Crippen LogP contribution is 2.52. The minimum absolute atomic E-state index is 0.0379. The average Bonchev–Trinajstić information content (AvgIpc) is 2.96. The zero-order valence-electron chi connectivity index (χ0n) is 8.84. The molecule has 2 spiro atoms. The fourth-order valence-corrected chi connectivity index (χ4v) is 3.86. The van der Waals surface area contributed by atoms with E-state index in [4.69, 9.17) is 4.74 Å². The third-order valence-electron chi connectivity index (χ3n) is 4.13. The van der Waals surface area contributed by atoms with Crippen LogP contribution in [0.25, 0.3) is 0 Å². The summed E-state index contributed by atoms with van der Waals surface area (Å²) in [5.41, 5.74) is 0.559. The van der Waals surface area contributed by atoms with Gasteiger partial charge in [0.25, 0.3) is 0 Å². The van der Waals surface area contributed by atoms with E-state index in [0.29, 0.717) is 11.5 Å². The first-order valence-corrected chi connectivity index (χ1v) is 6.90. The zero-order valence-corrected chi connectivity index (χ0v) is 9.66. The fraction of sp³-hybridized carbons (Fsp3) is 1.00. The second-order valence-electron chi connectivity index (χ2n) is 5.17. The third kappa shape index (κ3) is 1.41. The Labute approximate surface area is 90.2 Å². The van der Waals surface area contributed by atoms with Crippen LogP contribution in [-0.2, 0) is 4.74 Å². The molecule has 3 rings (SSSR count). The van der Waals surface area contributed by atoms with E-state index in [9.17, 15) is 0 Å². The van der Waals surface area contributed by atoms with Crippen LogP contribution < -0.4 is 5.32 Å². The van der Waals surface area contributed by atoms with E-state index in [-0.39, 0.29) is 5.72 Å². The SMILES string of the molecule is CC1NC2(CCCSC2)OCC12CC2. The standard InChI is InChI=1S/C11H19NOS/c1-9-10(4-5-10)7-13-11(12-9)3-2-6-14-8-11/h9,12H,2-8H2,1H3. The van der Waals surface area contributed by atoms with Gasteiger partial charge in [0.1, 0.15) is 5.72 Å². The van der Waals surface area contributed by atoms with Gasteiger partial charge in [-0.25, -0.2) is 0 Å². The number of hydrogen-bond acceptors (Lipinski definition) is 3. The molecule has 2 heterocycles. The molecule has 2 atom stereocenters. The number of nitrogens with one attached hydrogen (secondary N) is 1. The molecule has 0 radical (unpaired) electrons. The maximum absolute atomic E-state index is 6.12. The summed E-state index contributed by atoms with van der Waals surface area (Å²) in [6.07, 6.45) is 5.24. The van der Waals surface area contributed by atoms with E-state index < -0.39 is 0 Å². The summed E-state index contributed by atoms with van der Waals surface area (Å²) >= 11 is 2.04. The Morgan fingerprint density at radius 2 is 2.21 bits per heavy atom. The van der Waals surface area contributed by atoms with E-state index in [1.807, 2.05) is 11.8 Å². The van der Waals surface area contributed by atoms with Gasteiger partial charge < -0.3 is 4.74 Å². The van der Waals surface area contributed by atoms with Crippen LogP contribution in [0.4, 0.5) is 0 Å². The van der Waals surface area contributed by atoms with Crippen LogP contribution in [0.15, 0.2) is 0 Å². The molecule has 80 valence electrons. The topological polar surface area (TPSA) is 21.3 Å². The largest absolute Gasteiger partial charge is 0.359 e. The minimum Gasteiger partial charge on any atom is -0.359 e. The van der Waals surface area contributed by atoms with Crippen LogP contribution in [0.3, 0.4) is 0 Å². The molecular weight excluding hydrogens is 194 g/mol. The summed E-state index contributed by atoms with van der Waals surface area (Å²) in [6.45, 7) is 3.35. The highest BCUT2D eigenvalue weighted by atomic mass is 32.2. The van der Waals surface area contributed by atoms with Crippen molar-refractivity contribution in [2.45, 2.75) is 44.4 Å². The summed E-state index contributed by atoms with van der Waals surface area (Å²) in [6, 6.07) is 0.662. The van der Waals surface area contributed by atoms with Gasteiger partial charge in [0.15, 0.2) is 0 Å². The van der Waals surface area contributed by atoms with Crippen molar-refractivity contribution < 1.29 is 4.74 Å². The maximum Gasteiger partial charge on any atom is 0.128 e. The quantitative estimate of drug-likeness (QED) is 0.665. The predicted molar refractivity (Wildman–Crippen MR) is 59.5 cm³/mol. The van der Waals surface area contributed by atoms with E-state index in [1.165, 1.54) is 31.4 Å². The van der Waals surface area contributed by atoms with E-state index >= 15 is 0 Å². The second kappa shape index (κ2) is 3.13. The fourth-order valence-electron chi connectivity index (χ4n) is 2.73. The lowest BCUT2D eigenvalue weighted by Crippen LogP contribution is -2.62. The van der Waals surface area contributed by atoms with Gasteiger partial charge in [-0.05, 0) is 38.4 Å². The Morgan fingerprint density at radius 1 is 1.36 bits per heavy atom. The molecule has 0 bridgehead atoms. The van der Waals surface area contributed by atoms with Crippen molar-refractivity contribution >= 4 is 11.8 Å². The van der Waals surface area contributed by atoms with Gasteiger partial charge in [-0.3, -0.25) is 5.32 Å².